The van der Waals surface area contributed by atoms with Crippen LogP contribution in [0.15, 0.2) is 4.99 Å². The van der Waals surface area contributed by atoms with Crippen molar-refractivity contribution in [1.29, 1.82) is 0 Å². The molecule has 0 bridgehead atoms. The zero-order valence-corrected chi connectivity index (χ0v) is 16.8. The fourth-order valence-corrected chi connectivity index (χ4v) is 4.29. The molecule has 1 amide bonds. The summed E-state index contributed by atoms with van der Waals surface area (Å²) in [5.74, 6) is -1.05. The lowest BCUT2D eigenvalue weighted by Gasteiger charge is -2.31. The van der Waals surface area contributed by atoms with Crippen molar-refractivity contribution in [1.82, 2.24) is 21.5 Å². The van der Waals surface area contributed by atoms with E-state index in [1.807, 2.05) is 20.8 Å². The van der Waals surface area contributed by atoms with E-state index < -0.39 is 36.1 Å². The molecular formula is C19H32F3N5O. The van der Waals surface area contributed by atoms with Gasteiger partial charge in [-0.1, -0.05) is 0 Å². The fraction of sp³-hybridized carbons (Fsp3) is 0.895. The maximum absolute atomic E-state index is 14.5. The van der Waals surface area contributed by atoms with Crippen LogP contribution in [-0.4, -0.2) is 48.1 Å². The molecular weight excluding hydrogens is 371 g/mol. The number of rotatable bonds is 2. The molecule has 3 rings (SSSR count). The van der Waals surface area contributed by atoms with Gasteiger partial charge >= 0.3 is 0 Å². The molecule has 0 aromatic rings. The first-order chi connectivity index (χ1) is 13.1. The van der Waals surface area contributed by atoms with Gasteiger partial charge in [0.05, 0.1) is 0 Å². The van der Waals surface area contributed by atoms with E-state index >= 15 is 0 Å². The van der Waals surface area contributed by atoms with Gasteiger partial charge in [0.2, 0.25) is 5.91 Å². The number of guanidine groups is 1. The molecule has 0 radical (unpaired) electrons. The minimum atomic E-state index is -1.61. The van der Waals surface area contributed by atoms with Crippen molar-refractivity contribution in [2.45, 2.75) is 95.6 Å². The van der Waals surface area contributed by atoms with E-state index in [1.54, 1.807) is 0 Å². The average molecular weight is 403 g/mol. The highest BCUT2D eigenvalue weighted by molar-refractivity contribution is 5.98. The number of amides is 1. The van der Waals surface area contributed by atoms with E-state index in [-0.39, 0.29) is 36.7 Å². The lowest BCUT2D eigenvalue weighted by Crippen LogP contribution is -2.52. The number of aliphatic imine (C=N–C) groups is 1. The molecule has 2 aliphatic carbocycles. The number of carbonyl (C=O) groups excluding carboxylic acids is 1. The van der Waals surface area contributed by atoms with Crippen molar-refractivity contribution in [3.63, 3.8) is 0 Å². The van der Waals surface area contributed by atoms with Gasteiger partial charge in [0.25, 0.3) is 0 Å². The van der Waals surface area contributed by atoms with Crippen molar-refractivity contribution < 1.29 is 18.0 Å². The van der Waals surface area contributed by atoms with E-state index in [0.717, 1.165) is 12.8 Å². The molecule has 6 nitrogen and oxygen atoms in total. The Kier molecular flexibility index (Phi) is 6.54. The Balaban J connectivity index is 1.72. The van der Waals surface area contributed by atoms with Gasteiger partial charge in [0.1, 0.15) is 24.7 Å². The van der Waals surface area contributed by atoms with E-state index in [0.29, 0.717) is 12.8 Å². The van der Waals surface area contributed by atoms with Crippen LogP contribution in [0.25, 0.3) is 0 Å². The molecule has 3 fully saturated rings. The zero-order valence-electron chi connectivity index (χ0n) is 16.8. The fourth-order valence-electron chi connectivity index (χ4n) is 4.29. The van der Waals surface area contributed by atoms with Crippen LogP contribution in [0.1, 0.15) is 59.3 Å². The second-order valence-electron chi connectivity index (χ2n) is 9.25. The Morgan fingerprint density at radius 1 is 1.00 bits per heavy atom. The second-order valence-corrected chi connectivity index (χ2v) is 9.25. The van der Waals surface area contributed by atoms with Crippen LogP contribution >= 0.6 is 0 Å². The molecule has 7 unspecified atom stereocenters. The Morgan fingerprint density at radius 2 is 1.75 bits per heavy atom. The Bertz CT molecular complexity index is 597. The summed E-state index contributed by atoms with van der Waals surface area (Å²) in [6, 6.07) is 0.0104. The highest BCUT2D eigenvalue weighted by atomic mass is 19.2. The maximum atomic E-state index is 14.5. The van der Waals surface area contributed by atoms with E-state index in [4.69, 9.17) is 0 Å². The molecule has 9 heteroatoms. The standard InChI is InChI=1S/C19H32F3N5O/c1-19(2,3)25-18(24-17(28)10-7-8-11(20)13(22)9-10)23-16-15-12(21)5-4-6-14(15)26-27-16/h10-16,26-27H,4-9H2,1-3H3,(H2,23,24,25,28). The molecule has 4 N–H and O–H groups in total. The number of nitrogens with one attached hydrogen (secondary N) is 4. The Labute approximate surface area is 164 Å². The number of nitrogens with zero attached hydrogens (tertiary/aromatic N) is 1. The quantitative estimate of drug-likeness (QED) is 0.421. The minimum absolute atomic E-state index is 0.0104. The molecule has 2 saturated carbocycles. The van der Waals surface area contributed by atoms with E-state index in [2.05, 4.69) is 26.5 Å². The van der Waals surface area contributed by atoms with Crippen molar-refractivity contribution >= 4 is 11.9 Å². The van der Waals surface area contributed by atoms with Gasteiger partial charge < -0.3 is 5.32 Å². The monoisotopic (exact) mass is 403 g/mol. The van der Waals surface area contributed by atoms with Gasteiger partial charge in [-0.05, 0) is 59.3 Å². The normalized spacial score (nSPS) is 39.4. The molecule has 1 saturated heterocycles. The molecule has 28 heavy (non-hydrogen) atoms. The molecule has 0 aromatic heterocycles. The summed E-state index contributed by atoms with van der Waals surface area (Å²) in [7, 11) is 0. The molecule has 3 aliphatic rings. The number of hydrogen-bond donors (Lipinski definition) is 4. The summed E-state index contributed by atoms with van der Waals surface area (Å²) in [4.78, 5) is 17.2. The van der Waals surface area contributed by atoms with Gasteiger partial charge in [-0.2, -0.15) is 0 Å². The number of carbonyl (C=O) groups is 1. The largest absolute Gasteiger partial charge is 0.351 e. The Morgan fingerprint density at radius 3 is 2.43 bits per heavy atom. The number of alkyl halides is 3. The summed E-state index contributed by atoms with van der Waals surface area (Å²) in [6.45, 7) is 5.76. The summed E-state index contributed by atoms with van der Waals surface area (Å²) >= 11 is 0. The van der Waals surface area contributed by atoms with Crippen molar-refractivity contribution in [2.75, 3.05) is 0 Å². The lowest BCUT2D eigenvalue weighted by atomic mass is 9.83. The summed E-state index contributed by atoms with van der Waals surface area (Å²) < 4.78 is 41.5. The van der Waals surface area contributed by atoms with Crippen LogP contribution in [0.3, 0.4) is 0 Å². The van der Waals surface area contributed by atoms with Gasteiger partial charge in [0.15, 0.2) is 5.96 Å². The smallest absolute Gasteiger partial charge is 0.229 e. The number of hydrogen-bond acceptors (Lipinski definition) is 4. The highest BCUT2D eigenvalue weighted by Gasteiger charge is 2.44. The van der Waals surface area contributed by atoms with Crippen LogP contribution in [0, 0.1) is 11.8 Å². The average Bonchev–Trinajstić information content (AvgIpc) is 3.00. The SMILES string of the molecule is CC(C)(C)N/C(=N\C1NNC2CCCC(F)C21)NC(=O)C1CCC(F)C(F)C1. The predicted octanol–water partition coefficient (Wildman–Crippen LogP) is 2.26. The number of halogens is 3. The topological polar surface area (TPSA) is 77.6 Å². The third-order valence-electron chi connectivity index (χ3n) is 5.73. The number of hydrazine groups is 1. The first-order valence-electron chi connectivity index (χ1n) is 10.2. The summed E-state index contributed by atoms with van der Waals surface area (Å²) in [5, 5.41) is 5.88. The first kappa shape index (κ1) is 21.4. The van der Waals surface area contributed by atoms with Crippen molar-refractivity contribution in [3.05, 3.63) is 0 Å². The number of fused-ring (bicyclic) bond motifs is 1. The van der Waals surface area contributed by atoms with Crippen LogP contribution in [0.5, 0.6) is 0 Å². The summed E-state index contributed by atoms with van der Waals surface area (Å²) in [6.07, 6.45) is -2.15. The molecule has 0 spiro atoms. The van der Waals surface area contributed by atoms with Gasteiger partial charge in [0, 0.05) is 23.4 Å². The Hall–Kier alpha value is -1.35. The van der Waals surface area contributed by atoms with Gasteiger partial charge in [-0.25, -0.2) is 23.6 Å². The molecule has 1 aliphatic heterocycles. The zero-order chi connectivity index (χ0) is 20.5. The van der Waals surface area contributed by atoms with Crippen LogP contribution < -0.4 is 21.5 Å². The van der Waals surface area contributed by atoms with E-state index in [9.17, 15) is 18.0 Å². The maximum Gasteiger partial charge on any atom is 0.229 e. The molecule has 7 atom stereocenters. The second kappa shape index (κ2) is 8.57. The predicted molar refractivity (Wildman–Crippen MR) is 102 cm³/mol. The van der Waals surface area contributed by atoms with Crippen LogP contribution in [0.4, 0.5) is 13.2 Å². The molecule has 0 aromatic carbocycles. The van der Waals surface area contributed by atoms with Crippen LogP contribution in [0.2, 0.25) is 0 Å². The minimum Gasteiger partial charge on any atom is -0.351 e. The lowest BCUT2D eigenvalue weighted by molar-refractivity contribution is -0.125. The van der Waals surface area contributed by atoms with Crippen molar-refractivity contribution in [2.24, 2.45) is 16.8 Å². The highest BCUT2D eigenvalue weighted by Crippen LogP contribution is 2.33. The van der Waals surface area contributed by atoms with Gasteiger partial charge in [-0.3, -0.25) is 15.5 Å². The van der Waals surface area contributed by atoms with E-state index in [1.165, 1.54) is 0 Å². The molecule has 1 heterocycles. The summed E-state index contributed by atoms with van der Waals surface area (Å²) in [5.41, 5.74) is 5.75. The third kappa shape index (κ3) is 5.17. The molecule has 160 valence electrons. The first-order valence-corrected chi connectivity index (χ1v) is 10.2. The van der Waals surface area contributed by atoms with Crippen molar-refractivity contribution in [3.8, 4) is 0 Å². The third-order valence-corrected chi connectivity index (χ3v) is 5.73. The van der Waals surface area contributed by atoms with Crippen LogP contribution in [-0.2, 0) is 4.79 Å². The van der Waals surface area contributed by atoms with Gasteiger partial charge in [-0.15, -0.1) is 0 Å².